The number of Topliss-reactive ketones (excluding diaryl/α,β-unsaturated/α-hetero) is 1. The van der Waals surface area contributed by atoms with Crippen LogP contribution in [-0.4, -0.2) is 46.9 Å². The van der Waals surface area contributed by atoms with Gasteiger partial charge in [-0.05, 0) is 60.9 Å². The third-order valence-electron chi connectivity index (χ3n) is 7.05. The molecule has 0 saturated carbocycles. The Morgan fingerprint density at radius 3 is 2.35 bits per heavy atom. The minimum Gasteiger partial charge on any atom is -0.457 e. The van der Waals surface area contributed by atoms with Crippen molar-refractivity contribution >= 4 is 39.0 Å². The summed E-state index contributed by atoms with van der Waals surface area (Å²) in [4.78, 5) is 30.5. The molecule has 236 valence electrons. The molecule has 1 amide bonds. The molecule has 46 heavy (non-hydrogen) atoms. The largest absolute Gasteiger partial charge is 0.457 e. The lowest BCUT2D eigenvalue weighted by atomic mass is 9.96. The van der Waals surface area contributed by atoms with Gasteiger partial charge in [0.25, 0.3) is 15.9 Å². The maximum atomic E-state index is 13.5. The van der Waals surface area contributed by atoms with Crippen LogP contribution in [0.25, 0.3) is 11.1 Å². The Labute approximate surface area is 271 Å². The van der Waals surface area contributed by atoms with Crippen LogP contribution in [0.1, 0.15) is 22.8 Å². The van der Waals surface area contributed by atoms with E-state index in [1.807, 2.05) is 78.9 Å². The van der Waals surface area contributed by atoms with E-state index in [2.05, 4.69) is 15.0 Å². The van der Waals surface area contributed by atoms with Gasteiger partial charge < -0.3 is 19.7 Å². The normalized spacial score (nSPS) is 12.6. The van der Waals surface area contributed by atoms with Gasteiger partial charge in [0, 0.05) is 23.8 Å². The van der Waals surface area contributed by atoms with E-state index in [1.165, 1.54) is 42.2 Å². The van der Waals surface area contributed by atoms with Crippen LogP contribution in [0.3, 0.4) is 0 Å². The summed E-state index contributed by atoms with van der Waals surface area (Å²) in [6.45, 7) is 1.32. The molecular weight excluding hydrogens is 628 g/mol. The number of hydrogen-bond acceptors (Lipinski definition) is 7. The highest BCUT2D eigenvalue weighted by Gasteiger charge is 2.27. The van der Waals surface area contributed by atoms with Crippen LogP contribution in [-0.2, 0) is 28.3 Å². The van der Waals surface area contributed by atoms with Crippen molar-refractivity contribution in [3.63, 3.8) is 0 Å². The van der Waals surface area contributed by atoms with Crippen molar-refractivity contribution in [3.05, 3.63) is 126 Å². The van der Waals surface area contributed by atoms with Gasteiger partial charge in [-0.25, -0.2) is 4.98 Å². The van der Waals surface area contributed by atoms with Gasteiger partial charge in [-0.3, -0.25) is 14.3 Å². The van der Waals surface area contributed by atoms with Crippen molar-refractivity contribution in [1.82, 2.24) is 14.9 Å². The molecule has 10 nitrogen and oxygen atoms in total. The van der Waals surface area contributed by atoms with Gasteiger partial charge in [0.2, 0.25) is 0 Å². The fraction of sp³-hybridized carbons (Fsp3) is 0.147. The molecule has 1 unspecified atom stereocenters. The van der Waals surface area contributed by atoms with Gasteiger partial charge in [0.15, 0.2) is 10.8 Å². The van der Waals surface area contributed by atoms with Crippen molar-refractivity contribution in [3.8, 4) is 22.6 Å². The quantitative estimate of drug-likeness (QED) is 0.158. The first kappa shape index (κ1) is 32.4. The second kappa shape index (κ2) is 14.0. The Hall–Kier alpha value is -4.97. The number of para-hydroxylation sites is 2. The second-order valence-corrected chi connectivity index (χ2v) is 12.7. The fourth-order valence-corrected chi connectivity index (χ4v) is 5.97. The monoisotopic (exact) mass is 658 g/mol. The van der Waals surface area contributed by atoms with E-state index in [-0.39, 0.29) is 27.7 Å². The summed E-state index contributed by atoms with van der Waals surface area (Å²) >= 11 is 6.16. The number of nitrogens with zero attached hydrogens (tertiary/aromatic N) is 2. The maximum absolute atomic E-state index is 13.5. The minimum absolute atomic E-state index is 0.0588. The Kier molecular flexibility index (Phi) is 9.86. The van der Waals surface area contributed by atoms with Crippen molar-refractivity contribution in [1.29, 1.82) is 0 Å². The lowest BCUT2D eigenvalue weighted by Gasteiger charge is -2.21. The number of ketones is 1. The summed E-state index contributed by atoms with van der Waals surface area (Å²) in [6, 6.07) is 27.4. The first-order valence-corrected chi connectivity index (χ1v) is 16.1. The zero-order valence-electron chi connectivity index (χ0n) is 24.9. The Morgan fingerprint density at radius 1 is 0.978 bits per heavy atom. The molecule has 3 N–H and O–H groups in total. The Morgan fingerprint density at radius 2 is 1.67 bits per heavy atom. The number of aliphatic hydroxyl groups is 1. The van der Waals surface area contributed by atoms with Crippen molar-refractivity contribution in [2.45, 2.75) is 30.5 Å². The lowest BCUT2D eigenvalue weighted by molar-refractivity contribution is -0.128. The molecule has 1 heterocycles. The molecule has 0 aliphatic carbocycles. The van der Waals surface area contributed by atoms with Crippen LogP contribution < -0.4 is 14.8 Å². The highest BCUT2D eigenvalue weighted by atomic mass is 35.5. The van der Waals surface area contributed by atoms with E-state index in [0.717, 1.165) is 11.1 Å². The van der Waals surface area contributed by atoms with Crippen LogP contribution in [0, 0.1) is 0 Å². The number of ether oxygens (including phenoxy) is 1. The van der Waals surface area contributed by atoms with Crippen LogP contribution in [0.5, 0.6) is 11.5 Å². The van der Waals surface area contributed by atoms with Crippen LogP contribution in [0.4, 0.5) is 5.69 Å². The predicted molar refractivity (Wildman–Crippen MR) is 176 cm³/mol. The second-order valence-electron chi connectivity index (χ2n) is 10.6. The Bertz CT molecular complexity index is 1960. The van der Waals surface area contributed by atoms with E-state index in [1.54, 1.807) is 7.05 Å². The number of rotatable bonds is 12. The molecule has 0 fully saturated rings. The molecule has 0 bridgehead atoms. The molecule has 0 saturated heterocycles. The van der Waals surface area contributed by atoms with E-state index >= 15 is 0 Å². The van der Waals surface area contributed by atoms with Gasteiger partial charge in [0.05, 0.1) is 23.6 Å². The number of anilines is 1. The molecule has 12 heteroatoms. The number of hydrogen-bond donors (Lipinski definition) is 3. The predicted octanol–water partition coefficient (Wildman–Crippen LogP) is 5.62. The third-order valence-corrected chi connectivity index (χ3v) is 8.54. The number of carbonyl (C=O) groups excluding carboxylic acids is 2. The first-order chi connectivity index (χ1) is 22.0. The summed E-state index contributed by atoms with van der Waals surface area (Å²) in [5.74, 6) is 0.00144. The fourth-order valence-electron chi connectivity index (χ4n) is 4.73. The number of nitrogens with one attached hydrogen (secondary N) is 2. The van der Waals surface area contributed by atoms with E-state index in [4.69, 9.17) is 16.3 Å². The number of aliphatic hydroxyl groups excluding tert-OH is 1. The van der Waals surface area contributed by atoms with Gasteiger partial charge in [0.1, 0.15) is 17.6 Å². The number of sulfonamides is 1. The summed E-state index contributed by atoms with van der Waals surface area (Å²) in [7, 11) is -2.51. The van der Waals surface area contributed by atoms with Crippen LogP contribution in [0.15, 0.2) is 115 Å². The number of aromatic nitrogens is 2. The number of aryl methyl sites for hydroxylation is 1. The SMILES string of the molecule is CC(O)C(=O)[C@H](Cc1ccc(-c2ccccc2Oc2ccccc2)cc1)NC(=O)c1cc(Cl)ccc1NS(=O)(=O)c1cn(C)cn1. The van der Waals surface area contributed by atoms with Crippen molar-refractivity contribution in [2.24, 2.45) is 7.05 Å². The standard InChI is InChI=1S/C34H31ClN4O6S/c1-22(40)33(41)30(37-34(42)28-19-25(35)16-17-29(28)38-46(43,44)32-20-39(2)21-36-32)18-23-12-14-24(15-13-23)27-10-6-7-11-31(27)45-26-8-4-3-5-9-26/h3-17,19-22,30,38,40H,18H2,1-2H3,(H,37,42)/t22?,30-/m0/s1. The highest BCUT2D eigenvalue weighted by Crippen LogP contribution is 2.33. The summed E-state index contributed by atoms with van der Waals surface area (Å²) in [5, 5.41) is 12.7. The molecule has 5 aromatic rings. The van der Waals surface area contributed by atoms with Gasteiger partial charge in [-0.2, -0.15) is 8.42 Å². The minimum atomic E-state index is -4.14. The lowest BCUT2D eigenvalue weighted by Crippen LogP contribution is -2.46. The van der Waals surface area contributed by atoms with Gasteiger partial charge in [-0.15, -0.1) is 0 Å². The molecule has 0 aliphatic heterocycles. The maximum Gasteiger partial charge on any atom is 0.280 e. The number of amides is 1. The molecule has 2 atom stereocenters. The molecule has 0 radical (unpaired) electrons. The summed E-state index contributed by atoms with van der Waals surface area (Å²) < 4.78 is 35.8. The average Bonchev–Trinajstić information content (AvgIpc) is 3.49. The molecule has 1 aromatic heterocycles. The van der Waals surface area contributed by atoms with E-state index in [0.29, 0.717) is 17.1 Å². The highest BCUT2D eigenvalue weighted by molar-refractivity contribution is 7.92. The molecule has 0 aliphatic rings. The zero-order valence-corrected chi connectivity index (χ0v) is 26.5. The molecule has 0 spiro atoms. The van der Waals surface area contributed by atoms with Crippen molar-refractivity contribution < 1.29 is 27.9 Å². The topological polar surface area (TPSA) is 140 Å². The van der Waals surface area contributed by atoms with Gasteiger partial charge in [-0.1, -0.05) is 72.3 Å². The van der Waals surface area contributed by atoms with E-state index in [9.17, 15) is 23.1 Å². The smallest absolute Gasteiger partial charge is 0.280 e. The molecular formula is C34H31ClN4O6S. The molecule has 4 aromatic carbocycles. The first-order valence-electron chi connectivity index (χ1n) is 14.2. The van der Waals surface area contributed by atoms with E-state index < -0.39 is 33.9 Å². The van der Waals surface area contributed by atoms with Crippen molar-refractivity contribution in [2.75, 3.05) is 4.72 Å². The summed E-state index contributed by atoms with van der Waals surface area (Å²) in [5.41, 5.74) is 2.29. The Balaban J connectivity index is 1.36. The number of imidazole rings is 1. The zero-order chi connectivity index (χ0) is 32.8. The van der Waals surface area contributed by atoms with Gasteiger partial charge >= 0.3 is 0 Å². The van der Waals surface area contributed by atoms with Crippen LogP contribution in [0.2, 0.25) is 5.02 Å². The molecule has 5 rings (SSSR count). The summed E-state index contributed by atoms with van der Waals surface area (Å²) in [6.07, 6.45) is 1.34. The number of benzene rings is 4. The van der Waals surface area contributed by atoms with Crippen LogP contribution >= 0.6 is 11.6 Å². The average molecular weight is 659 g/mol. The number of carbonyl (C=O) groups is 2. The third kappa shape index (κ3) is 7.81. The number of halogens is 1.